The number of amides is 2. The van der Waals surface area contributed by atoms with Gasteiger partial charge in [-0.05, 0) is 61.7 Å². The van der Waals surface area contributed by atoms with E-state index in [2.05, 4.69) is 41.4 Å². The topological polar surface area (TPSA) is 87.9 Å². The lowest BCUT2D eigenvalue weighted by molar-refractivity contribution is -0.123. The Morgan fingerprint density at radius 1 is 1.23 bits per heavy atom. The maximum atomic E-state index is 11.7. The Kier molecular flexibility index (Phi) is 6.42. The molecule has 0 radical (unpaired) electrons. The first-order chi connectivity index (χ1) is 15.0. The van der Waals surface area contributed by atoms with Crippen molar-refractivity contribution in [3.8, 4) is 0 Å². The van der Waals surface area contributed by atoms with Crippen molar-refractivity contribution >= 4 is 23.4 Å². The Bertz CT molecular complexity index is 931. The first kappa shape index (κ1) is 21.2. The van der Waals surface area contributed by atoms with Gasteiger partial charge in [-0.15, -0.1) is 0 Å². The first-order valence-corrected chi connectivity index (χ1v) is 10.9. The number of carbonyl (C=O) groups excluding carboxylic acids is 2. The third-order valence-electron chi connectivity index (χ3n) is 6.09. The van der Waals surface area contributed by atoms with Crippen molar-refractivity contribution in [2.45, 2.75) is 32.4 Å². The molecule has 3 N–H and O–H groups in total. The van der Waals surface area contributed by atoms with Gasteiger partial charge in [0.15, 0.2) is 0 Å². The van der Waals surface area contributed by atoms with E-state index >= 15 is 0 Å². The number of nitrogens with one attached hydrogen (secondary N) is 1. The van der Waals surface area contributed by atoms with Crippen LogP contribution >= 0.6 is 0 Å². The summed E-state index contributed by atoms with van der Waals surface area (Å²) in [5.74, 6) is -0.234. The summed E-state index contributed by atoms with van der Waals surface area (Å²) in [4.78, 5) is 27.2. The highest BCUT2D eigenvalue weighted by Crippen LogP contribution is 2.25. The van der Waals surface area contributed by atoms with Crippen LogP contribution in [0.5, 0.6) is 0 Å². The predicted octanol–water partition coefficient (Wildman–Crippen LogP) is 3.51. The minimum atomic E-state index is -0.286. The largest absolute Gasteiger partial charge is 0.447 e. The van der Waals surface area contributed by atoms with Gasteiger partial charge in [0, 0.05) is 30.5 Å². The zero-order chi connectivity index (χ0) is 21.8. The van der Waals surface area contributed by atoms with Crippen LogP contribution in [-0.2, 0) is 16.1 Å². The zero-order valence-electron chi connectivity index (χ0n) is 17.9. The normalized spacial score (nSPS) is 20.4. The number of cyclic esters (lactones) is 1. The quantitative estimate of drug-likeness (QED) is 0.713. The molecule has 7 heteroatoms. The van der Waals surface area contributed by atoms with Crippen LogP contribution in [0, 0.1) is 5.92 Å². The third kappa shape index (κ3) is 5.17. The smallest absolute Gasteiger partial charge is 0.414 e. The summed E-state index contributed by atoms with van der Waals surface area (Å²) in [6, 6.07) is 16.5. The Morgan fingerprint density at radius 2 is 2.03 bits per heavy atom. The monoisotopic (exact) mass is 422 g/mol. The molecule has 0 spiro atoms. The lowest BCUT2D eigenvalue weighted by Crippen LogP contribution is -2.40. The molecule has 2 saturated heterocycles. The minimum Gasteiger partial charge on any atom is -0.447 e. The van der Waals surface area contributed by atoms with Gasteiger partial charge in [-0.25, -0.2) is 4.79 Å². The van der Waals surface area contributed by atoms with E-state index in [0.717, 1.165) is 49.4 Å². The maximum absolute atomic E-state index is 11.7. The Balaban J connectivity index is 1.37. The molecule has 0 aromatic heterocycles. The van der Waals surface area contributed by atoms with Gasteiger partial charge in [-0.1, -0.05) is 24.3 Å². The third-order valence-corrected chi connectivity index (χ3v) is 6.09. The van der Waals surface area contributed by atoms with Crippen LogP contribution in [-0.4, -0.2) is 43.1 Å². The molecule has 4 rings (SSSR count). The second kappa shape index (κ2) is 9.39. The average Bonchev–Trinajstić information content (AvgIpc) is 3.20. The molecule has 2 aromatic rings. The number of hydrogen-bond donors (Lipinski definition) is 2. The molecular formula is C24H30N4O3. The molecular weight excluding hydrogens is 392 g/mol. The van der Waals surface area contributed by atoms with Crippen LogP contribution in [0.4, 0.5) is 16.2 Å². The SMILES string of the molecule is CC(Nc1cccc(CN2CCCC(C(N)=O)C2)c1)c1ccc(N2CCOC2=O)cc1. The number of rotatable bonds is 7. The number of ether oxygens (including phenoxy) is 1. The molecule has 2 aliphatic rings. The molecule has 2 unspecified atom stereocenters. The molecule has 2 aliphatic heterocycles. The molecule has 7 nitrogen and oxygen atoms in total. The number of primary amides is 1. The highest BCUT2D eigenvalue weighted by molar-refractivity contribution is 5.89. The number of nitrogens with zero attached hydrogens (tertiary/aromatic N) is 2. The number of anilines is 2. The predicted molar refractivity (Wildman–Crippen MR) is 121 cm³/mol. The van der Waals surface area contributed by atoms with Crippen LogP contribution < -0.4 is 16.0 Å². The summed E-state index contributed by atoms with van der Waals surface area (Å²) in [6.45, 7) is 5.70. The Hall–Kier alpha value is -3.06. The van der Waals surface area contributed by atoms with Crippen molar-refractivity contribution in [2.75, 3.05) is 36.5 Å². The van der Waals surface area contributed by atoms with Crippen molar-refractivity contribution in [3.05, 3.63) is 59.7 Å². The fourth-order valence-corrected chi connectivity index (χ4v) is 4.35. The average molecular weight is 423 g/mol. The van der Waals surface area contributed by atoms with E-state index in [1.54, 1.807) is 4.90 Å². The van der Waals surface area contributed by atoms with E-state index in [-0.39, 0.29) is 24.0 Å². The van der Waals surface area contributed by atoms with Crippen LogP contribution in [0.15, 0.2) is 48.5 Å². The molecule has 0 aliphatic carbocycles. The molecule has 0 bridgehead atoms. The molecule has 164 valence electrons. The Labute approximate surface area is 183 Å². The molecule has 2 heterocycles. The highest BCUT2D eigenvalue weighted by Gasteiger charge is 2.24. The van der Waals surface area contributed by atoms with E-state index in [9.17, 15) is 9.59 Å². The Morgan fingerprint density at radius 3 is 2.74 bits per heavy atom. The van der Waals surface area contributed by atoms with Gasteiger partial charge in [0.05, 0.1) is 12.5 Å². The molecule has 2 fully saturated rings. The van der Waals surface area contributed by atoms with Gasteiger partial charge in [-0.2, -0.15) is 0 Å². The summed E-state index contributed by atoms with van der Waals surface area (Å²) in [5, 5.41) is 3.56. The number of carbonyl (C=O) groups is 2. The second-order valence-electron chi connectivity index (χ2n) is 8.40. The van der Waals surface area contributed by atoms with Gasteiger partial charge in [0.1, 0.15) is 6.61 Å². The second-order valence-corrected chi connectivity index (χ2v) is 8.40. The lowest BCUT2D eigenvalue weighted by atomic mass is 9.97. The molecule has 31 heavy (non-hydrogen) atoms. The van der Waals surface area contributed by atoms with Crippen LogP contribution in [0.2, 0.25) is 0 Å². The number of likely N-dealkylation sites (tertiary alicyclic amines) is 1. The fraction of sp³-hybridized carbons (Fsp3) is 0.417. The molecule has 2 amide bonds. The van der Waals surface area contributed by atoms with E-state index in [1.165, 1.54) is 5.56 Å². The summed E-state index contributed by atoms with van der Waals surface area (Å²) in [5.41, 5.74) is 9.78. The summed E-state index contributed by atoms with van der Waals surface area (Å²) < 4.78 is 5.01. The number of piperidine rings is 1. The number of benzene rings is 2. The van der Waals surface area contributed by atoms with E-state index in [1.807, 2.05) is 24.3 Å². The van der Waals surface area contributed by atoms with Gasteiger partial charge in [-0.3, -0.25) is 14.6 Å². The highest BCUT2D eigenvalue weighted by atomic mass is 16.6. The van der Waals surface area contributed by atoms with Crippen molar-refractivity contribution in [2.24, 2.45) is 11.7 Å². The fourth-order valence-electron chi connectivity index (χ4n) is 4.35. The number of nitrogens with two attached hydrogens (primary N) is 1. The van der Waals surface area contributed by atoms with Crippen LogP contribution in [0.3, 0.4) is 0 Å². The summed E-state index contributed by atoms with van der Waals surface area (Å²) in [6.07, 6.45) is 1.61. The molecule has 2 atom stereocenters. The van der Waals surface area contributed by atoms with Crippen molar-refractivity contribution in [1.82, 2.24) is 4.90 Å². The van der Waals surface area contributed by atoms with Crippen LogP contribution in [0.25, 0.3) is 0 Å². The number of hydrogen-bond acceptors (Lipinski definition) is 5. The van der Waals surface area contributed by atoms with E-state index < -0.39 is 0 Å². The van der Waals surface area contributed by atoms with Crippen molar-refractivity contribution in [3.63, 3.8) is 0 Å². The van der Waals surface area contributed by atoms with Crippen molar-refractivity contribution < 1.29 is 14.3 Å². The molecule has 2 aromatic carbocycles. The lowest BCUT2D eigenvalue weighted by Gasteiger charge is -2.31. The maximum Gasteiger partial charge on any atom is 0.414 e. The molecule has 0 saturated carbocycles. The van der Waals surface area contributed by atoms with Gasteiger partial charge >= 0.3 is 6.09 Å². The van der Waals surface area contributed by atoms with Gasteiger partial charge < -0.3 is 15.8 Å². The van der Waals surface area contributed by atoms with Gasteiger partial charge in [0.25, 0.3) is 0 Å². The minimum absolute atomic E-state index is 0.0412. The summed E-state index contributed by atoms with van der Waals surface area (Å²) in [7, 11) is 0. The zero-order valence-corrected chi connectivity index (χ0v) is 17.9. The van der Waals surface area contributed by atoms with E-state index in [0.29, 0.717) is 13.2 Å². The standard InChI is InChI=1S/C24H30N4O3/c1-17(19-7-9-22(10-8-19)28-12-13-31-24(28)30)26-21-6-2-4-18(14-21)15-27-11-3-5-20(16-27)23(25)29/h2,4,6-10,14,17,20,26H,3,5,11-13,15-16H2,1H3,(H2,25,29). The van der Waals surface area contributed by atoms with Gasteiger partial charge in [0.2, 0.25) is 5.91 Å². The summed E-state index contributed by atoms with van der Waals surface area (Å²) >= 11 is 0. The van der Waals surface area contributed by atoms with E-state index in [4.69, 9.17) is 10.5 Å². The first-order valence-electron chi connectivity index (χ1n) is 10.9. The van der Waals surface area contributed by atoms with Crippen LogP contribution in [0.1, 0.15) is 36.9 Å². The van der Waals surface area contributed by atoms with Crippen molar-refractivity contribution in [1.29, 1.82) is 0 Å².